The van der Waals surface area contributed by atoms with Crippen molar-refractivity contribution in [1.82, 2.24) is 0 Å². The third kappa shape index (κ3) is 6.86. The molecule has 0 radical (unpaired) electrons. The van der Waals surface area contributed by atoms with Crippen LogP contribution in [-0.2, 0) is 8.85 Å². The van der Waals surface area contributed by atoms with Crippen LogP contribution in [0.5, 0.6) is 0 Å². The van der Waals surface area contributed by atoms with Crippen molar-refractivity contribution in [3.05, 3.63) is 11.6 Å². The molecule has 3 saturated carbocycles. The van der Waals surface area contributed by atoms with Gasteiger partial charge in [0, 0.05) is 6.10 Å². The molecule has 0 heterocycles. The van der Waals surface area contributed by atoms with Crippen LogP contribution in [0, 0.1) is 28.6 Å². The smallest absolute Gasteiger partial charge is 0.193 e. The van der Waals surface area contributed by atoms with Gasteiger partial charge in [-0.25, -0.2) is 0 Å². The zero-order chi connectivity index (χ0) is 29.7. The Balaban J connectivity index is 1.49. The van der Waals surface area contributed by atoms with Crippen molar-refractivity contribution in [1.29, 1.82) is 0 Å². The topological polar surface area (TPSA) is 18.5 Å². The number of fused-ring (bicyclic) bond motifs is 5. The van der Waals surface area contributed by atoms with Crippen molar-refractivity contribution < 1.29 is 8.85 Å². The molecule has 4 aliphatic carbocycles. The highest BCUT2D eigenvalue weighted by atomic mass is 28.4. The third-order valence-electron chi connectivity index (χ3n) is 13.0. The molecule has 0 saturated heterocycles. The van der Waals surface area contributed by atoms with Crippen molar-refractivity contribution in [2.75, 3.05) is 0 Å². The van der Waals surface area contributed by atoms with Crippen molar-refractivity contribution in [2.24, 2.45) is 28.6 Å². The lowest BCUT2D eigenvalue weighted by atomic mass is 9.48. The lowest BCUT2D eigenvalue weighted by molar-refractivity contribution is -0.0669. The summed E-state index contributed by atoms with van der Waals surface area (Å²) in [7, 11) is -3.25. The van der Waals surface area contributed by atoms with Crippen LogP contribution in [0.1, 0.15) is 145 Å². The zero-order valence-corrected chi connectivity index (χ0v) is 30.9. The van der Waals surface area contributed by atoms with E-state index in [0.717, 1.165) is 17.8 Å². The largest absolute Gasteiger partial charge is 0.414 e. The number of allylic oxidation sites excluding steroid dienone is 1. The SMILES string of the molecule is CCC[Si](CCC)(CCC)OC1CCC2(C)C(=CCC3C2CCC2(C)C(O[Si](CCC)(CCC)CCC)CCC32)C1. The Morgan fingerprint density at radius 3 is 1.73 bits per heavy atom. The van der Waals surface area contributed by atoms with E-state index in [1.807, 2.05) is 0 Å². The molecule has 2 nitrogen and oxygen atoms in total. The predicted molar refractivity (Wildman–Crippen MR) is 184 cm³/mol. The number of rotatable bonds is 16. The molecule has 0 amide bonds. The Morgan fingerprint density at radius 2 is 1.20 bits per heavy atom. The van der Waals surface area contributed by atoms with E-state index in [2.05, 4.69) is 61.5 Å². The van der Waals surface area contributed by atoms with E-state index in [0.29, 0.717) is 23.0 Å². The quantitative estimate of drug-likeness (QED) is 0.129. The summed E-state index contributed by atoms with van der Waals surface area (Å²) in [6.07, 6.45) is 22.4. The third-order valence-corrected chi connectivity index (χ3v) is 23.1. The van der Waals surface area contributed by atoms with Crippen LogP contribution in [0.2, 0.25) is 36.3 Å². The maximum Gasteiger partial charge on any atom is 0.193 e. The summed E-state index contributed by atoms with van der Waals surface area (Å²) in [6, 6.07) is 8.25. The molecule has 0 spiro atoms. The van der Waals surface area contributed by atoms with E-state index >= 15 is 0 Å². The fraction of sp³-hybridized carbons (Fsp3) is 0.946. The first kappa shape index (κ1) is 34.0. The van der Waals surface area contributed by atoms with Gasteiger partial charge < -0.3 is 8.85 Å². The fourth-order valence-electron chi connectivity index (χ4n) is 11.4. The second-order valence-electron chi connectivity index (χ2n) is 15.8. The molecule has 238 valence electrons. The highest BCUT2D eigenvalue weighted by molar-refractivity contribution is 6.74. The summed E-state index contributed by atoms with van der Waals surface area (Å²) >= 11 is 0. The molecule has 0 bridgehead atoms. The van der Waals surface area contributed by atoms with E-state index in [-0.39, 0.29) is 0 Å². The molecule has 3 fully saturated rings. The summed E-state index contributed by atoms with van der Waals surface area (Å²) in [5.74, 6) is 2.63. The highest BCUT2D eigenvalue weighted by Crippen LogP contribution is 2.65. The van der Waals surface area contributed by atoms with E-state index in [1.165, 1.54) is 126 Å². The molecule has 0 aromatic carbocycles. The van der Waals surface area contributed by atoms with Crippen molar-refractivity contribution >= 4 is 16.6 Å². The van der Waals surface area contributed by atoms with E-state index < -0.39 is 16.6 Å². The minimum atomic E-state index is -1.64. The van der Waals surface area contributed by atoms with Gasteiger partial charge in [-0.2, -0.15) is 0 Å². The average molecular weight is 603 g/mol. The van der Waals surface area contributed by atoms with Crippen molar-refractivity contribution in [2.45, 2.75) is 194 Å². The number of hydrogen-bond acceptors (Lipinski definition) is 2. The highest BCUT2D eigenvalue weighted by Gasteiger charge is 2.60. The Morgan fingerprint density at radius 1 is 0.659 bits per heavy atom. The van der Waals surface area contributed by atoms with Crippen LogP contribution in [0.15, 0.2) is 11.6 Å². The number of hydrogen-bond donors (Lipinski definition) is 0. The second kappa shape index (κ2) is 14.5. The molecule has 7 atom stereocenters. The predicted octanol–water partition coefficient (Wildman–Crippen LogP) is 12.1. The average Bonchev–Trinajstić information content (AvgIpc) is 3.25. The lowest BCUT2D eigenvalue weighted by Gasteiger charge is -2.58. The minimum absolute atomic E-state index is 0.405. The fourth-order valence-corrected chi connectivity index (χ4v) is 20.9. The lowest BCUT2D eigenvalue weighted by Crippen LogP contribution is -2.53. The Labute approximate surface area is 258 Å². The van der Waals surface area contributed by atoms with Gasteiger partial charge in [-0.15, -0.1) is 0 Å². The summed E-state index contributed by atoms with van der Waals surface area (Å²) in [5.41, 5.74) is 2.62. The Bertz CT molecular complexity index is 822. The molecular formula is C37H70O2Si2. The first-order valence-corrected chi connectivity index (χ1v) is 23.8. The van der Waals surface area contributed by atoms with E-state index in [9.17, 15) is 0 Å². The van der Waals surface area contributed by atoms with E-state index in [4.69, 9.17) is 8.85 Å². The van der Waals surface area contributed by atoms with Crippen LogP contribution in [-0.4, -0.2) is 28.8 Å². The van der Waals surface area contributed by atoms with Crippen LogP contribution in [0.25, 0.3) is 0 Å². The van der Waals surface area contributed by atoms with Gasteiger partial charge in [-0.05, 0) is 116 Å². The maximum atomic E-state index is 7.54. The monoisotopic (exact) mass is 602 g/mol. The van der Waals surface area contributed by atoms with Gasteiger partial charge in [0.25, 0.3) is 0 Å². The van der Waals surface area contributed by atoms with E-state index in [1.54, 1.807) is 5.57 Å². The van der Waals surface area contributed by atoms with Crippen LogP contribution >= 0.6 is 0 Å². The van der Waals surface area contributed by atoms with Gasteiger partial charge in [0.15, 0.2) is 16.6 Å². The van der Waals surface area contributed by atoms with Crippen molar-refractivity contribution in [3.8, 4) is 0 Å². The van der Waals surface area contributed by atoms with Gasteiger partial charge >= 0.3 is 0 Å². The molecular weight excluding hydrogens is 533 g/mol. The molecule has 4 heteroatoms. The molecule has 0 aromatic rings. The van der Waals surface area contributed by atoms with Gasteiger partial charge in [0.2, 0.25) is 0 Å². The van der Waals surface area contributed by atoms with Crippen LogP contribution in [0.3, 0.4) is 0 Å². The molecule has 4 rings (SSSR count). The normalized spacial score (nSPS) is 35.5. The van der Waals surface area contributed by atoms with Crippen LogP contribution < -0.4 is 0 Å². The van der Waals surface area contributed by atoms with Gasteiger partial charge in [-0.3, -0.25) is 0 Å². The maximum absolute atomic E-state index is 7.54. The molecule has 4 aliphatic rings. The van der Waals surface area contributed by atoms with Gasteiger partial charge in [0.1, 0.15) is 0 Å². The summed E-state index contributed by atoms with van der Waals surface area (Å²) in [6.45, 7) is 19.7. The zero-order valence-electron chi connectivity index (χ0n) is 28.9. The van der Waals surface area contributed by atoms with Gasteiger partial charge in [-0.1, -0.05) is 106 Å². The van der Waals surface area contributed by atoms with Crippen molar-refractivity contribution in [3.63, 3.8) is 0 Å². The summed E-state index contributed by atoms with van der Waals surface area (Å²) in [4.78, 5) is 0. The van der Waals surface area contributed by atoms with Crippen LogP contribution in [0.4, 0.5) is 0 Å². The summed E-state index contributed by atoms with van der Waals surface area (Å²) in [5, 5.41) is 0. The Kier molecular flexibility index (Phi) is 12.0. The first-order chi connectivity index (χ1) is 19.7. The molecule has 41 heavy (non-hydrogen) atoms. The standard InChI is InChI=1S/C37H70O2Si2/c1-9-23-40(24-10-2,25-11-3)38-31-19-21-36(7)30(29-31)15-16-32-33-17-18-35(37(33,8)22-20-34(32)36)39-41(26-12-4,27-13-5)28-14-6/h15,31-35H,9-14,16-29H2,1-8H3. The molecule has 7 unspecified atom stereocenters. The minimum Gasteiger partial charge on any atom is -0.414 e. The molecule has 0 aromatic heterocycles. The first-order valence-electron chi connectivity index (χ1n) is 18.7. The Hall–Kier alpha value is 0.0938. The van der Waals surface area contributed by atoms with Gasteiger partial charge in [0.05, 0.1) is 6.10 Å². The summed E-state index contributed by atoms with van der Waals surface area (Å²) < 4.78 is 14.9. The molecule has 0 N–H and O–H groups in total. The second-order valence-corrected chi connectivity index (χ2v) is 24.0. The molecule has 0 aliphatic heterocycles.